The van der Waals surface area contributed by atoms with E-state index < -0.39 is 5.54 Å². The van der Waals surface area contributed by atoms with Gasteiger partial charge in [-0.1, -0.05) is 6.58 Å². The molecule has 2 amide bonds. The molecular formula is C18H28N2O5. The average Bonchev–Trinajstić information content (AvgIpc) is 2.62. The molecule has 0 unspecified atom stereocenters. The molecule has 2 fully saturated rings. The van der Waals surface area contributed by atoms with Crippen LogP contribution in [-0.4, -0.2) is 61.1 Å². The lowest BCUT2D eigenvalue weighted by molar-refractivity contribution is -0.147. The van der Waals surface area contributed by atoms with E-state index in [4.69, 9.17) is 9.47 Å². The Labute approximate surface area is 148 Å². The quantitative estimate of drug-likeness (QED) is 0.570. The van der Waals surface area contributed by atoms with E-state index in [0.717, 1.165) is 0 Å². The van der Waals surface area contributed by atoms with E-state index >= 15 is 0 Å². The number of likely N-dealkylation sites (tertiary alicyclic amines) is 1. The van der Waals surface area contributed by atoms with Crippen molar-refractivity contribution in [2.45, 2.75) is 44.6 Å². The third-order valence-corrected chi connectivity index (χ3v) is 4.98. The minimum absolute atomic E-state index is 0.0445. The summed E-state index contributed by atoms with van der Waals surface area (Å²) < 4.78 is 10.5. The molecule has 0 aromatic rings. The molecule has 0 atom stereocenters. The molecule has 7 nitrogen and oxygen atoms in total. The second-order valence-corrected chi connectivity index (χ2v) is 6.67. The summed E-state index contributed by atoms with van der Waals surface area (Å²) in [6.07, 6.45) is 3.92. The van der Waals surface area contributed by atoms with Gasteiger partial charge in [-0.25, -0.2) is 0 Å². The van der Waals surface area contributed by atoms with E-state index in [1.54, 1.807) is 11.8 Å². The summed E-state index contributed by atoms with van der Waals surface area (Å²) in [5.74, 6) is -0.578. The van der Waals surface area contributed by atoms with Gasteiger partial charge in [0.15, 0.2) is 0 Å². The number of piperidine rings is 1. The molecule has 0 aromatic carbocycles. The first-order chi connectivity index (χ1) is 12.0. The first-order valence-electron chi connectivity index (χ1n) is 8.96. The Bertz CT molecular complexity index is 506. The van der Waals surface area contributed by atoms with E-state index in [2.05, 4.69) is 11.9 Å². The summed E-state index contributed by atoms with van der Waals surface area (Å²) in [6.45, 7) is 7.74. The lowest BCUT2D eigenvalue weighted by Crippen LogP contribution is -2.55. The Balaban J connectivity index is 1.94. The molecule has 2 saturated heterocycles. The van der Waals surface area contributed by atoms with Crippen molar-refractivity contribution in [3.8, 4) is 0 Å². The maximum absolute atomic E-state index is 12.7. The number of carbonyl (C=O) groups is 3. The van der Waals surface area contributed by atoms with Crippen molar-refractivity contribution < 1.29 is 23.9 Å². The fraction of sp³-hybridized carbons (Fsp3) is 0.722. The van der Waals surface area contributed by atoms with Crippen molar-refractivity contribution >= 4 is 17.8 Å². The van der Waals surface area contributed by atoms with Crippen LogP contribution < -0.4 is 5.32 Å². The van der Waals surface area contributed by atoms with Crippen LogP contribution in [0.3, 0.4) is 0 Å². The van der Waals surface area contributed by atoms with Crippen LogP contribution in [0.2, 0.25) is 0 Å². The zero-order valence-electron chi connectivity index (χ0n) is 14.9. The van der Waals surface area contributed by atoms with Gasteiger partial charge < -0.3 is 19.7 Å². The Morgan fingerprint density at radius 2 is 1.92 bits per heavy atom. The first kappa shape index (κ1) is 19.4. The van der Waals surface area contributed by atoms with Gasteiger partial charge in [-0.15, -0.1) is 0 Å². The zero-order valence-corrected chi connectivity index (χ0v) is 14.9. The molecule has 2 aliphatic heterocycles. The topological polar surface area (TPSA) is 84.9 Å². The van der Waals surface area contributed by atoms with Gasteiger partial charge in [-0.05, 0) is 38.7 Å². The first-order valence-corrected chi connectivity index (χ1v) is 8.96. The van der Waals surface area contributed by atoms with Crippen molar-refractivity contribution in [3.63, 3.8) is 0 Å². The molecule has 0 spiro atoms. The average molecular weight is 352 g/mol. The predicted molar refractivity (Wildman–Crippen MR) is 91.7 cm³/mol. The fourth-order valence-corrected chi connectivity index (χ4v) is 3.45. The largest absolute Gasteiger partial charge is 0.466 e. The van der Waals surface area contributed by atoms with E-state index in [1.807, 2.05) is 0 Å². The molecule has 0 aliphatic carbocycles. The van der Waals surface area contributed by atoms with Crippen LogP contribution in [0.5, 0.6) is 0 Å². The molecule has 1 N–H and O–H groups in total. The lowest BCUT2D eigenvalue weighted by Gasteiger charge is -2.39. The van der Waals surface area contributed by atoms with Gasteiger partial charge in [-0.2, -0.15) is 0 Å². The van der Waals surface area contributed by atoms with Crippen LogP contribution >= 0.6 is 0 Å². The maximum atomic E-state index is 12.7. The van der Waals surface area contributed by atoms with Crippen molar-refractivity contribution in [2.24, 2.45) is 5.92 Å². The number of carbonyl (C=O) groups excluding carboxylic acids is 3. The monoisotopic (exact) mass is 352 g/mol. The molecule has 2 rings (SSSR count). The SMILES string of the molecule is C=CC(=O)N1CCC(C(=O)NC2(CC(=O)OCC)CCOCC2)CC1. The Kier molecular flexibility index (Phi) is 6.99. The predicted octanol–water partition coefficient (Wildman–Crippen LogP) is 1.03. The molecule has 0 radical (unpaired) electrons. The normalized spacial score (nSPS) is 20.6. The number of hydrogen-bond donors (Lipinski definition) is 1. The highest BCUT2D eigenvalue weighted by Crippen LogP contribution is 2.27. The molecule has 2 heterocycles. The van der Waals surface area contributed by atoms with Crippen LogP contribution in [0.15, 0.2) is 12.7 Å². The number of ether oxygens (including phenoxy) is 2. The molecule has 140 valence electrons. The summed E-state index contributed by atoms with van der Waals surface area (Å²) in [7, 11) is 0. The lowest BCUT2D eigenvalue weighted by atomic mass is 9.85. The van der Waals surface area contributed by atoms with E-state index in [9.17, 15) is 14.4 Å². The highest BCUT2D eigenvalue weighted by molar-refractivity contribution is 5.87. The summed E-state index contributed by atoms with van der Waals surface area (Å²) in [5, 5.41) is 3.11. The van der Waals surface area contributed by atoms with Gasteiger partial charge in [0, 0.05) is 32.2 Å². The highest BCUT2D eigenvalue weighted by Gasteiger charge is 2.39. The number of esters is 1. The molecule has 0 bridgehead atoms. The van der Waals surface area contributed by atoms with Gasteiger partial charge in [0.25, 0.3) is 0 Å². The van der Waals surface area contributed by atoms with Gasteiger partial charge in [0.05, 0.1) is 18.6 Å². The number of rotatable bonds is 6. The summed E-state index contributed by atoms with van der Waals surface area (Å²) in [6, 6.07) is 0. The summed E-state index contributed by atoms with van der Waals surface area (Å²) in [4.78, 5) is 38.0. The molecule has 7 heteroatoms. The van der Waals surface area contributed by atoms with Gasteiger partial charge >= 0.3 is 5.97 Å². The second-order valence-electron chi connectivity index (χ2n) is 6.67. The van der Waals surface area contributed by atoms with Crippen molar-refractivity contribution in [2.75, 3.05) is 32.9 Å². The number of hydrogen-bond acceptors (Lipinski definition) is 5. The Morgan fingerprint density at radius 3 is 2.48 bits per heavy atom. The van der Waals surface area contributed by atoms with Crippen LogP contribution in [0.1, 0.15) is 39.0 Å². The van der Waals surface area contributed by atoms with E-state index in [1.165, 1.54) is 6.08 Å². The van der Waals surface area contributed by atoms with E-state index in [-0.39, 0.29) is 30.1 Å². The third kappa shape index (κ3) is 5.29. The molecule has 2 aliphatic rings. The number of amides is 2. The van der Waals surface area contributed by atoms with Crippen LogP contribution in [0.25, 0.3) is 0 Å². The zero-order chi connectivity index (χ0) is 18.3. The molecule has 0 saturated carbocycles. The van der Waals surface area contributed by atoms with Crippen molar-refractivity contribution in [3.05, 3.63) is 12.7 Å². The van der Waals surface area contributed by atoms with Gasteiger partial charge in [-0.3, -0.25) is 14.4 Å². The minimum Gasteiger partial charge on any atom is -0.466 e. The fourth-order valence-electron chi connectivity index (χ4n) is 3.45. The summed E-state index contributed by atoms with van der Waals surface area (Å²) >= 11 is 0. The van der Waals surface area contributed by atoms with Gasteiger partial charge in [0.2, 0.25) is 11.8 Å². The Hall–Kier alpha value is -1.89. The summed E-state index contributed by atoms with van der Waals surface area (Å²) in [5.41, 5.74) is -0.588. The molecule has 25 heavy (non-hydrogen) atoms. The highest BCUT2D eigenvalue weighted by atomic mass is 16.5. The van der Waals surface area contributed by atoms with E-state index in [0.29, 0.717) is 58.6 Å². The van der Waals surface area contributed by atoms with Crippen LogP contribution in [-0.2, 0) is 23.9 Å². The maximum Gasteiger partial charge on any atom is 0.308 e. The standard InChI is InChI=1S/C18H28N2O5/c1-3-15(21)20-9-5-14(6-10-20)17(23)19-18(7-11-24-12-8-18)13-16(22)25-4-2/h3,14H,1,4-13H2,2H3,(H,19,23). The smallest absolute Gasteiger partial charge is 0.308 e. The van der Waals surface area contributed by atoms with Crippen molar-refractivity contribution in [1.29, 1.82) is 0 Å². The van der Waals surface area contributed by atoms with Gasteiger partial charge in [0.1, 0.15) is 0 Å². The number of nitrogens with zero attached hydrogens (tertiary/aromatic N) is 1. The van der Waals surface area contributed by atoms with Crippen molar-refractivity contribution in [1.82, 2.24) is 10.2 Å². The Morgan fingerprint density at radius 1 is 1.28 bits per heavy atom. The van der Waals surface area contributed by atoms with Crippen LogP contribution in [0, 0.1) is 5.92 Å². The second kappa shape index (κ2) is 8.99. The minimum atomic E-state index is -0.588. The molecule has 0 aromatic heterocycles. The van der Waals surface area contributed by atoms with Crippen LogP contribution in [0.4, 0.5) is 0 Å². The number of nitrogens with one attached hydrogen (secondary N) is 1. The third-order valence-electron chi connectivity index (χ3n) is 4.98. The molecular weight excluding hydrogens is 324 g/mol.